The van der Waals surface area contributed by atoms with Gasteiger partial charge in [0, 0.05) is 13.6 Å². The number of amides is 1. The monoisotopic (exact) mass is 421 g/mol. The molecule has 4 rings (SSSR count). The molecule has 1 atom stereocenters. The topological polar surface area (TPSA) is 79.4 Å². The Hall–Kier alpha value is -3.68. The SMILES string of the molecule is Cc1nc(NCc2ccc(OCc3cccc(F)c3)cc2)nc2c1NC(=O)[C@H](C)N2C. The molecular formula is C23H24FN5O2. The van der Waals surface area contributed by atoms with Crippen LogP contribution in [0.15, 0.2) is 48.5 Å². The lowest BCUT2D eigenvalue weighted by molar-refractivity contribution is -0.117. The minimum Gasteiger partial charge on any atom is -0.489 e. The highest BCUT2D eigenvalue weighted by Gasteiger charge is 2.30. The third-order valence-electron chi connectivity index (χ3n) is 5.28. The number of benzene rings is 2. The lowest BCUT2D eigenvalue weighted by Gasteiger charge is -2.32. The van der Waals surface area contributed by atoms with Gasteiger partial charge in [-0.25, -0.2) is 9.37 Å². The van der Waals surface area contributed by atoms with Crippen molar-refractivity contribution in [3.63, 3.8) is 0 Å². The molecule has 0 bridgehead atoms. The number of ether oxygens (including phenoxy) is 1. The molecule has 0 spiro atoms. The second kappa shape index (κ2) is 8.59. The Bertz CT molecular complexity index is 1100. The van der Waals surface area contributed by atoms with Crippen molar-refractivity contribution in [1.29, 1.82) is 0 Å². The standard InChI is InChI=1S/C23H24FN5O2/c1-14-20-21(29(3)15(2)22(30)27-20)28-23(26-14)25-12-16-7-9-19(10-8-16)31-13-17-5-4-6-18(24)11-17/h4-11,15H,12-13H2,1-3H3,(H,27,30)(H,25,26,28)/t15-/m0/s1. The molecule has 2 N–H and O–H groups in total. The van der Waals surface area contributed by atoms with Gasteiger partial charge in [-0.1, -0.05) is 24.3 Å². The maximum Gasteiger partial charge on any atom is 0.246 e. The van der Waals surface area contributed by atoms with Crippen molar-refractivity contribution in [2.24, 2.45) is 0 Å². The summed E-state index contributed by atoms with van der Waals surface area (Å²) in [5.74, 6) is 1.56. The summed E-state index contributed by atoms with van der Waals surface area (Å²) < 4.78 is 19.0. The number of rotatable bonds is 6. The van der Waals surface area contributed by atoms with Crippen LogP contribution in [0.25, 0.3) is 0 Å². The van der Waals surface area contributed by atoms with E-state index in [0.717, 1.165) is 11.1 Å². The zero-order valence-electron chi connectivity index (χ0n) is 17.6. The predicted molar refractivity (Wildman–Crippen MR) is 118 cm³/mol. The Balaban J connectivity index is 1.38. The predicted octanol–water partition coefficient (Wildman–Crippen LogP) is 3.89. The number of likely N-dealkylation sites (N-methyl/N-ethyl adjacent to an activating group) is 1. The van der Waals surface area contributed by atoms with E-state index in [9.17, 15) is 9.18 Å². The second-order valence-electron chi connectivity index (χ2n) is 7.52. The number of aromatic nitrogens is 2. The van der Waals surface area contributed by atoms with Crippen LogP contribution in [0.3, 0.4) is 0 Å². The first-order valence-corrected chi connectivity index (χ1v) is 10.0. The van der Waals surface area contributed by atoms with Crippen molar-refractivity contribution in [1.82, 2.24) is 9.97 Å². The number of halogens is 1. The number of anilines is 3. The molecule has 2 aromatic carbocycles. The Morgan fingerprint density at radius 3 is 2.68 bits per heavy atom. The van der Waals surface area contributed by atoms with Crippen LogP contribution in [-0.4, -0.2) is 29.0 Å². The molecule has 0 fully saturated rings. The van der Waals surface area contributed by atoms with Crippen molar-refractivity contribution in [2.75, 3.05) is 22.6 Å². The van der Waals surface area contributed by atoms with Crippen LogP contribution in [0.1, 0.15) is 23.7 Å². The van der Waals surface area contributed by atoms with Crippen molar-refractivity contribution < 1.29 is 13.9 Å². The first-order valence-electron chi connectivity index (χ1n) is 10.0. The van der Waals surface area contributed by atoms with Crippen LogP contribution < -0.4 is 20.3 Å². The molecule has 8 heteroatoms. The summed E-state index contributed by atoms with van der Waals surface area (Å²) in [7, 11) is 1.85. The fraction of sp³-hybridized carbons (Fsp3) is 0.261. The van der Waals surface area contributed by atoms with Gasteiger partial charge in [-0.05, 0) is 49.2 Å². The normalized spacial score (nSPS) is 15.3. The van der Waals surface area contributed by atoms with Crippen LogP contribution in [-0.2, 0) is 17.9 Å². The summed E-state index contributed by atoms with van der Waals surface area (Å²) in [6, 6.07) is 13.7. The van der Waals surface area contributed by atoms with Crippen LogP contribution in [0, 0.1) is 12.7 Å². The number of fused-ring (bicyclic) bond motifs is 1. The van der Waals surface area contributed by atoms with Crippen molar-refractivity contribution >= 4 is 23.4 Å². The third-order valence-corrected chi connectivity index (χ3v) is 5.28. The van der Waals surface area contributed by atoms with Gasteiger partial charge in [-0.2, -0.15) is 4.98 Å². The summed E-state index contributed by atoms with van der Waals surface area (Å²) in [4.78, 5) is 22.9. The van der Waals surface area contributed by atoms with Crippen LogP contribution in [0.4, 0.5) is 21.8 Å². The lowest BCUT2D eigenvalue weighted by Crippen LogP contribution is -2.44. The molecule has 0 aliphatic carbocycles. The molecule has 1 aromatic heterocycles. The van der Waals surface area contributed by atoms with Gasteiger partial charge in [0.1, 0.15) is 29.9 Å². The molecule has 31 heavy (non-hydrogen) atoms. The fourth-order valence-corrected chi connectivity index (χ4v) is 3.30. The average molecular weight is 421 g/mol. The molecule has 3 aromatic rings. The molecule has 160 valence electrons. The molecule has 1 aliphatic rings. The fourth-order valence-electron chi connectivity index (χ4n) is 3.30. The molecule has 0 saturated heterocycles. The van der Waals surface area contributed by atoms with Crippen molar-refractivity contribution in [3.8, 4) is 5.75 Å². The van der Waals surface area contributed by atoms with E-state index in [-0.39, 0.29) is 17.8 Å². The van der Waals surface area contributed by atoms with Gasteiger partial charge >= 0.3 is 0 Å². The number of hydrogen-bond donors (Lipinski definition) is 2. The highest BCUT2D eigenvalue weighted by atomic mass is 19.1. The third kappa shape index (κ3) is 4.58. The van der Waals surface area contributed by atoms with E-state index in [0.29, 0.717) is 42.0 Å². The summed E-state index contributed by atoms with van der Waals surface area (Å²) >= 11 is 0. The van der Waals surface area contributed by atoms with Gasteiger partial charge in [0.2, 0.25) is 11.9 Å². The molecule has 0 radical (unpaired) electrons. The van der Waals surface area contributed by atoms with E-state index in [1.54, 1.807) is 6.07 Å². The second-order valence-corrected chi connectivity index (χ2v) is 7.52. The summed E-state index contributed by atoms with van der Waals surface area (Å²) in [5, 5.41) is 6.11. The minimum atomic E-state index is -0.297. The number of nitrogens with one attached hydrogen (secondary N) is 2. The highest BCUT2D eigenvalue weighted by molar-refractivity contribution is 6.03. The van der Waals surface area contributed by atoms with Crippen LogP contribution >= 0.6 is 0 Å². The Kier molecular flexibility index (Phi) is 5.70. The summed E-state index contributed by atoms with van der Waals surface area (Å²) in [6.07, 6.45) is 0. The van der Waals surface area contributed by atoms with Gasteiger partial charge in [0.15, 0.2) is 5.82 Å². The van der Waals surface area contributed by atoms with Gasteiger partial charge < -0.3 is 20.3 Å². The van der Waals surface area contributed by atoms with E-state index in [1.807, 2.05) is 56.1 Å². The number of aryl methyl sites for hydroxylation is 1. The van der Waals surface area contributed by atoms with Gasteiger partial charge in [0.05, 0.1) is 5.69 Å². The molecule has 2 heterocycles. The molecule has 7 nitrogen and oxygen atoms in total. The quantitative estimate of drug-likeness (QED) is 0.629. The molecule has 1 amide bonds. The molecule has 0 unspecified atom stereocenters. The van der Waals surface area contributed by atoms with E-state index in [4.69, 9.17) is 4.74 Å². The largest absolute Gasteiger partial charge is 0.489 e. The van der Waals surface area contributed by atoms with Crippen LogP contribution in [0.2, 0.25) is 0 Å². The number of nitrogens with zero attached hydrogens (tertiary/aromatic N) is 3. The minimum absolute atomic E-state index is 0.0675. The average Bonchev–Trinajstić information content (AvgIpc) is 2.76. The smallest absolute Gasteiger partial charge is 0.246 e. The van der Waals surface area contributed by atoms with E-state index >= 15 is 0 Å². The van der Waals surface area contributed by atoms with E-state index in [2.05, 4.69) is 20.6 Å². The zero-order valence-corrected chi connectivity index (χ0v) is 17.6. The zero-order chi connectivity index (χ0) is 22.0. The number of hydrogen-bond acceptors (Lipinski definition) is 6. The molecular weight excluding hydrogens is 397 g/mol. The van der Waals surface area contributed by atoms with Gasteiger partial charge in [-0.15, -0.1) is 0 Å². The first-order chi connectivity index (χ1) is 14.9. The van der Waals surface area contributed by atoms with Gasteiger partial charge in [-0.3, -0.25) is 4.79 Å². The Morgan fingerprint density at radius 2 is 1.94 bits per heavy atom. The maximum atomic E-state index is 13.3. The lowest BCUT2D eigenvalue weighted by atomic mass is 10.2. The first kappa shape index (κ1) is 20.6. The van der Waals surface area contributed by atoms with E-state index in [1.165, 1.54) is 12.1 Å². The number of carbonyl (C=O) groups is 1. The molecule has 0 saturated carbocycles. The summed E-state index contributed by atoms with van der Waals surface area (Å²) in [6.45, 7) is 4.52. The highest BCUT2D eigenvalue weighted by Crippen LogP contribution is 2.32. The Labute approximate surface area is 180 Å². The van der Waals surface area contributed by atoms with Crippen molar-refractivity contribution in [3.05, 3.63) is 71.2 Å². The summed E-state index contributed by atoms with van der Waals surface area (Å²) in [5.41, 5.74) is 3.17. The number of carbonyl (C=O) groups excluding carboxylic acids is 1. The van der Waals surface area contributed by atoms with Crippen LogP contribution in [0.5, 0.6) is 5.75 Å². The molecule has 1 aliphatic heterocycles. The Morgan fingerprint density at radius 1 is 1.16 bits per heavy atom. The van der Waals surface area contributed by atoms with Gasteiger partial charge in [0.25, 0.3) is 0 Å². The van der Waals surface area contributed by atoms with E-state index < -0.39 is 0 Å². The van der Waals surface area contributed by atoms with Crippen molar-refractivity contribution in [2.45, 2.75) is 33.0 Å². The maximum absolute atomic E-state index is 13.3.